The zero-order valence-corrected chi connectivity index (χ0v) is 11.6. The smallest absolute Gasteiger partial charge is 0.308 e. The van der Waals surface area contributed by atoms with Crippen molar-refractivity contribution in [1.82, 2.24) is 0 Å². The van der Waals surface area contributed by atoms with Crippen LogP contribution in [-0.2, 0) is 4.79 Å². The van der Waals surface area contributed by atoms with Crippen molar-refractivity contribution in [2.24, 2.45) is 5.92 Å². The van der Waals surface area contributed by atoms with Gasteiger partial charge in [0.25, 0.3) is 5.69 Å². The van der Waals surface area contributed by atoms with Gasteiger partial charge >= 0.3 is 5.97 Å². The first-order valence-electron chi connectivity index (χ1n) is 6.54. The lowest BCUT2D eigenvalue weighted by Gasteiger charge is -2.25. The van der Waals surface area contributed by atoms with Gasteiger partial charge in [-0.3, -0.25) is 14.9 Å². The number of aliphatic carboxylic acids is 1. The normalized spacial score (nSPS) is 27.1. The molecule has 2 saturated heterocycles. The fraction of sp³-hybridized carbons (Fsp3) is 0.462. The van der Waals surface area contributed by atoms with Crippen LogP contribution in [0.4, 0.5) is 15.8 Å². The Morgan fingerprint density at radius 3 is 2.76 bits per heavy atom. The van der Waals surface area contributed by atoms with Crippen LogP contribution < -0.4 is 4.90 Å². The molecule has 0 amide bonds. The summed E-state index contributed by atoms with van der Waals surface area (Å²) in [5, 5.41) is 20.2. The second-order valence-corrected chi connectivity index (χ2v) is 5.81. The van der Waals surface area contributed by atoms with Crippen LogP contribution in [0.2, 0.25) is 5.02 Å². The average molecular weight is 315 g/mol. The van der Waals surface area contributed by atoms with E-state index in [1.54, 1.807) is 4.90 Å². The lowest BCUT2D eigenvalue weighted by molar-refractivity contribution is -0.384. The summed E-state index contributed by atoms with van der Waals surface area (Å²) in [5.74, 6) is -2.30. The van der Waals surface area contributed by atoms with Gasteiger partial charge in [-0.05, 0) is 25.3 Å². The first kappa shape index (κ1) is 14.1. The summed E-state index contributed by atoms with van der Waals surface area (Å²) in [6.07, 6.45) is 1.89. The highest BCUT2D eigenvalue weighted by atomic mass is 35.5. The topological polar surface area (TPSA) is 83.7 Å². The molecule has 2 bridgehead atoms. The second kappa shape index (κ2) is 4.84. The summed E-state index contributed by atoms with van der Waals surface area (Å²) in [5.41, 5.74) is -0.164. The minimum Gasteiger partial charge on any atom is -0.481 e. The van der Waals surface area contributed by atoms with Crippen LogP contribution in [0.3, 0.4) is 0 Å². The van der Waals surface area contributed by atoms with Gasteiger partial charge in [-0.15, -0.1) is 0 Å². The van der Waals surface area contributed by atoms with E-state index in [9.17, 15) is 24.4 Å². The number of carbonyl (C=O) groups is 1. The number of carboxylic acid groups (broad SMARTS) is 1. The van der Waals surface area contributed by atoms with E-state index in [0.29, 0.717) is 12.8 Å². The predicted molar refractivity (Wildman–Crippen MR) is 73.1 cm³/mol. The molecule has 2 aliphatic heterocycles. The van der Waals surface area contributed by atoms with Crippen molar-refractivity contribution in [3.8, 4) is 0 Å². The molecule has 3 atom stereocenters. The molecule has 1 N–H and O–H groups in total. The number of fused-ring (bicyclic) bond motifs is 2. The monoisotopic (exact) mass is 314 g/mol. The molecule has 0 radical (unpaired) electrons. The Balaban J connectivity index is 2.07. The average Bonchev–Trinajstić information content (AvgIpc) is 2.98. The molecule has 2 aliphatic rings. The molecule has 0 aromatic heterocycles. The lowest BCUT2D eigenvalue weighted by Crippen LogP contribution is -2.33. The minimum absolute atomic E-state index is 0.0728. The first-order valence-corrected chi connectivity index (χ1v) is 6.92. The summed E-state index contributed by atoms with van der Waals surface area (Å²) < 4.78 is 13.5. The van der Waals surface area contributed by atoms with Crippen LogP contribution in [-0.4, -0.2) is 28.1 Å². The molecular weight excluding hydrogens is 303 g/mol. The number of nitro groups is 1. The van der Waals surface area contributed by atoms with Gasteiger partial charge in [-0.25, -0.2) is 4.39 Å². The summed E-state index contributed by atoms with van der Waals surface area (Å²) >= 11 is 5.74. The summed E-state index contributed by atoms with van der Waals surface area (Å²) in [4.78, 5) is 23.5. The standard InChI is InChI=1S/C13H12ClFN2O4/c14-8-4-11(12(17(20)21)5-9(8)15)16-6-1-2-10(16)7(3-6)13(18)19/h4-7,10H,1-3H2,(H,18,19). The van der Waals surface area contributed by atoms with Gasteiger partial charge in [0, 0.05) is 12.1 Å². The number of benzene rings is 1. The van der Waals surface area contributed by atoms with Gasteiger partial charge in [0.1, 0.15) is 11.5 Å². The molecule has 2 fully saturated rings. The van der Waals surface area contributed by atoms with Crippen molar-refractivity contribution in [1.29, 1.82) is 0 Å². The third-order valence-corrected chi connectivity index (χ3v) is 4.64. The van der Waals surface area contributed by atoms with E-state index in [0.717, 1.165) is 12.5 Å². The number of anilines is 1. The van der Waals surface area contributed by atoms with E-state index in [-0.39, 0.29) is 28.5 Å². The van der Waals surface area contributed by atoms with Gasteiger partial charge in [0.2, 0.25) is 0 Å². The van der Waals surface area contributed by atoms with E-state index in [1.807, 2.05) is 0 Å². The SMILES string of the molecule is O=C(O)C1CC2CCC1N2c1cc(Cl)c(F)cc1[N+](=O)[O-]. The number of rotatable bonds is 3. The third kappa shape index (κ3) is 2.12. The zero-order chi connectivity index (χ0) is 15.3. The molecule has 21 heavy (non-hydrogen) atoms. The Morgan fingerprint density at radius 2 is 2.19 bits per heavy atom. The highest BCUT2D eigenvalue weighted by Crippen LogP contribution is 2.48. The molecular formula is C13H12ClFN2O4. The van der Waals surface area contributed by atoms with E-state index in [2.05, 4.69) is 0 Å². The van der Waals surface area contributed by atoms with Crippen molar-refractivity contribution in [2.45, 2.75) is 31.3 Å². The zero-order valence-electron chi connectivity index (χ0n) is 10.8. The third-order valence-electron chi connectivity index (χ3n) is 4.35. The predicted octanol–water partition coefficient (Wildman–Crippen LogP) is 2.83. The molecule has 0 aliphatic carbocycles. The highest BCUT2D eigenvalue weighted by molar-refractivity contribution is 6.31. The van der Waals surface area contributed by atoms with Crippen molar-refractivity contribution in [2.75, 3.05) is 4.90 Å². The maximum Gasteiger partial charge on any atom is 0.308 e. The van der Waals surface area contributed by atoms with E-state index in [1.165, 1.54) is 6.07 Å². The Bertz CT molecular complexity index is 639. The number of hydrogen-bond acceptors (Lipinski definition) is 4. The molecule has 8 heteroatoms. The molecule has 1 aromatic carbocycles. The fourth-order valence-corrected chi connectivity index (χ4v) is 3.67. The Labute approximate surface area is 124 Å². The number of nitrogens with zero attached hydrogens (tertiary/aromatic N) is 2. The van der Waals surface area contributed by atoms with Crippen molar-refractivity contribution in [3.63, 3.8) is 0 Å². The number of carboxylic acids is 1. The number of nitro benzene ring substituents is 1. The molecule has 2 heterocycles. The first-order chi connectivity index (χ1) is 9.90. The van der Waals surface area contributed by atoms with Crippen molar-refractivity contribution in [3.05, 3.63) is 33.1 Å². The molecule has 112 valence electrons. The van der Waals surface area contributed by atoms with Crippen LogP contribution in [0.25, 0.3) is 0 Å². The van der Waals surface area contributed by atoms with E-state index in [4.69, 9.17) is 11.6 Å². The molecule has 3 unspecified atom stereocenters. The molecule has 0 saturated carbocycles. The Kier molecular flexibility index (Phi) is 3.24. The summed E-state index contributed by atoms with van der Waals surface area (Å²) in [7, 11) is 0. The van der Waals surface area contributed by atoms with E-state index >= 15 is 0 Å². The van der Waals surface area contributed by atoms with Crippen molar-refractivity contribution < 1.29 is 19.2 Å². The van der Waals surface area contributed by atoms with Crippen molar-refractivity contribution >= 4 is 28.9 Å². The lowest BCUT2D eigenvalue weighted by atomic mass is 9.89. The number of hydrogen-bond donors (Lipinski definition) is 1. The molecule has 0 spiro atoms. The van der Waals surface area contributed by atoms with Gasteiger partial charge in [-0.2, -0.15) is 0 Å². The van der Waals surface area contributed by atoms with Crippen LogP contribution in [0.1, 0.15) is 19.3 Å². The second-order valence-electron chi connectivity index (χ2n) is 5.40. The number of halogens is 2. The largest absolute Gasteiger partial charge is 0.481 e. The Hall–Kier alpha value is -1.89. The van der Waals surface area contributed by atoms with Crippen LogP contribution in [0.15, 0.2) is 12.1 Å². The van der Waals surface area contributed by atoms with Gasteiger partial charge in [0.05, 0.1) is 21.9 Å². The maximum absolute atomic E-state index is 13.5. The van der Waals surface area contributed by atoms with Gasteiger partial charge < -0.3 is 10.0 Å². The minimum atomic E-state index is -0.900. The summed E-state index contributed by atoms with van der Waals surface area (Å²) in [6.45, 7) is 0. The van der Waals surface area contributed by atoms with Gasteiger partial charge in [0.15, 0.2) is 0 Å². The molecule has 1 aromatic rings. The van der Waals surface area contributed by atoms with Crippen LogP contribution >= 0.6 is 11.6 Å². The van der Waals surface area contributed by atoms with E-state index < -0.39 is 22.6 Å². The van der Waals surface area contributed by atoms with Gasteiger partial charge in [-0.1, -0.05) is 11.6 Å². The quantitative estimate of drug-likeness (QED) is 0.685. The fourth-order valence-electron chi connectivity index (χ4n) is 3.51. The van der Waals surface area contributed by atoms with Crippen LogP contribution in [0, 0.1) is 21.8 Å². The summed E-state index contributed by atoms with van der Waals surface area (Å²) in [6, 6.07) is 1.65. The molecule has 6 nitrogen and oxygen atoms in total. The highest BCUT2D eigenvalue weighted by Gasteiger charge is 2.50. The molecule has 3 rings (SSSR count). The Morgan fingerprint density at radius 1 is 1.48 bits per heavy atom. The van der Waals surface area contributed by atoms with Crippen LogP contribution in [0.5, 0.6) is 0 Å². The maximum atomic E-state index is 13.5.